The maximum atomic E-state index is 12.0. The molecule has 0 fully saturated rings. The van der Waals surface area contributed by atoms with E-state index in [-0.39, 0.29) is 11.9 Å². The van der Waals surface area contributed by atoms with Gasteiger partial charge in [0, 0.05) is 24.5 Å². The Balaban J connectivity index is 2.43. The van der Waals surface area contributed by atoms with E-state index in [0.29, 0.717) is 6.54 Å². The summed E-state index contributed by atoms with van der Waals surface area (Å²) in [6.45, 7) is 8.08. The molecule has 0 saturated heterocycles. The van der Waals surface area contributed by atoms with E-state index < -0.39 is 0 Å². The smallest absolute Gasteiger partial charge is 0.239 e. The first kappa shape index (κ1) is 14.5. The van der Waals surface area contributed by atoms with Crippen LogP contribution >= 0.6 is 22.9 Å². The van der Waals surface area contributed by atoms with Crippen molar-refractivity contribution >= 4 is 28.8 Å². The Hall–Kier alpha value is -0.580. The topological polar surface area (TPSA) is 32.3 Å². The van der Waals surface area contributed by atoms with Gasteiger partial charge in [-0.1, -0.05) is 11.6 Å². The molecule has 0 saturated carbocycles. The van der Waals surface area contributed by atoms with E-state index >= 15 is 0 Å². The Kier molecular flexibility index (Phi) is 5.95. The Morgan fingerprint density at radius 2 is 2.12 bits per heavy atom. The van der Waals surface area contributed by atoms with E-state index in [4.69, 9.17) is 11.6 Å². The second-order valence-electron chi connectivity index (χ2n) is 3.82. The molecule has 1 N–H and O–H groups in total. The van der Waals surface area contributed by atoms with Gasteiger partial charge < -0.3 is 10.2 Å². The van der Waals surface area contributed by atoms with E-state index in [9.17, 15) is 4.79 Å². The average Bonchev–Trinajstić information content (AvgIpc) is 2.73. The summed E-state index contributed by atoms with van der Waals surface area (Å²) in [7, 11) is 0. The fraction of sp³-hybridized carbons (Fsp3) is 0.583. The second-order valence-corrected chi connectivity index (χ2v) is 5.62. The van der Waals surface area contributed by atoms with Crippen molar-refractivity contribution in [3.8, 4) is 0 Å². The number of nitrogens with one attached hydrogen (secondary N) is 1. The molecule has 17 heavy (non-hydrogen) atoms. The van der Waals surface area contributed by atoms with Crippen molar-refractivity contribution in [1.82, 2.24) is 10.2 Å². The third-order valence-electron chi connectivity index (χ3n) is 2.66. The summed E-state index contributed by atoms with van der Waals surface area (Å²) < 4.78 is 0.782. The highest BCUT2D eigenvalue weighted by atomic mass is 35.5. The number of carbonyl (C=O) groups is 1. The molecule has 96 valence electrons. The number of hydrogen-bond donors (Lipinski definition) is 1. The fourth-order valence-electron chi connectivity index (χ4n) is 1.60. The maximum absolute atomic E-state index is 12.0. The molecule has 1 atom stereocenters. The summed E-state index contributed by atoms with van der Waals surface area (Å²) in [6.07, 6.45) is 0. The Labute approximate surface area is 112 Å². The molecular formula is C12H19ClN2OS. The first-order valence-corrected chi connectivity index (χ1v) is 7.04. The van der Waals surface area contributed by atoms with Crippen molar-refractivity contribution in [3.05, 3.63) is 21.3 Å². The number of nitrogens with zero attached hydrogens (tertiary/aromatic N) is 1. The summed E-state index contributed by atoms with van der Waals surface area (Å²) in [5.74, 6) is 0.151. The number of hydrogen-bond acceptors (Lipinski definition) is 3. The van der Waals surface area contributed by atoms with Gasteiger partial charge in [0.2, 0.25) is 5.91 Å². The SMILES string of the molecule is CCN(CC)C(=O)C(C)NCc1ccc(Cl)s1. The van der Waals surface area contributed by atoms with Gasteiger partial charge in [-0.3, -0.25) is 4.79 Å². The van der Waals surface area contributed by atoms with Crippen LogP contribution in [0.2, 0.25) is 4.34 Å². The fourth-order valence-corrected chi connectivity index (χ4v) is 2.64. The van der Waals surface area contributed by atoms with Crippen LogP contribution in [0.5, 0.6) is 0 Å². The highest BCUT2D eigenvalue weighted by Crippen LogP contribution is 2.21. The standard InChI is InChI=1S/C12H19ClN2OS/c1-4-15(5-2)12(16)9(3)14-8-10-6-7-11(13)17-10/h6-7,9,14H,4-5,8H2,1-3H3. The normalized spacial score (nSPS) is 12.5. The molecule has 1 rings (SSSR count). The lowest BCUT2D eigenvalue weighted by atomic mass is 10.2. The predicted molar refractivity (Wildman–Crippen MR) is 73.6 cm³/mol. The molecule has 0 radical (unpaired) electrons. The monoisotopic (exact) mass is 274 g/mol. The molecule has 5 heteroatoms. The molecule has 0 aliphatic carbocycles. The van der Waals surface area contributed by atoms with E-state index in [0.717, 1.165) is 22.3 Å². The molecule has 1 aromatic rings. The van der Waals surface area contributed by atoms with E-state index in [1.54, 1.807) is 0 Å². The van der Waals surface area contributed by atoms with Crippen molar-refractivity contribution in [2.24, 2.45) is 0 Å². The average molecular weight is 275 g/mol. The van der Waals surface area contributed by atoms with Gasteiger partial charge in [-0.15, -0.1) is 11.3 Å². The number of likely N-dealkylation sites (N-methyl/N-ethyl adjacent to an activating group) is 1. The number of carbonyl (C=O) groups excluding carboxylic acids is 1. The summed E-state index contributed by atoms with van der Waals surface area (Å²) in [4.78, 5) is 15.0. The van der Waals surface area contributed by atoms with Crippen LogP contribution in [0.15, 0.2) is 12.1 Å². The molecule has 0 aliphatic rings. The van der Waals surface area contributed by atoms with Crippen molar-refractivity contribution < 1.29 is 4.79 Å². The van der Waals surface area contributed by atoms with Gasteiger partial charge >= 0.3 is 0 Å². The predicted octanol–water partition coefficient (Wildman–Crippen LogP) is 2.75. The van der Waals surface area contributed by atoms with Crippen LogP contribution in [-0.2, 0) is 11.3 Å². The molecule has 1 heterocycles. The van der Waals surface area contributed by atoms with Crippen molar-refractivity contribution in [1.29, 1.82) is 0 Å². The van der Waals surface area contributed by atoms with Gasteiger partial charge in [-0.2, -0.15) is 0 Å². The van der Waals surface area contributed by atoms with Crippen molar-refractivity contribution in [2.75, 3.05) is 13.1 Å². The van der Waals surface area contributed by atoms with Crippen LogP contribution in [0.3, 0.4) is 0 Å². The van der Waals surface area contributed by atoms with Crippen LogP contribution in [0, 0.1) is 0 Å². The first-order chi connectivity index (χ1) is 8.08. The quantitative estimate of drug-likeness (QED) is 0.865. The molecular weight excluding hydrogens is 256 g/mol. The van der Waals surface area contributed by atoms with Crippen LogP contribution in [0.4, 0.5) is 0 Å². The largest absolute Gasteiger partial charge is 0.342 e. The lowest BCUT2D eigenvalue weighted by Gasteiger charge is -2.23. The second kappa shape index (κ2) is 6.99. The Morgan fingerprint density at radius 3 is 2.59 bits per heavy atom. The third kappa shape index (κ3) is 4.30. The van der Waals surface area contributed by atoms with Gasteiger partial charge in [-0.05, 0) is 32.9 Å². The van der Waals surface area contributed by atoms with Crippen molar-refractivity contribution in [3.63, 3.8) is 0 Å². The van der Waals surface area contributed by atoms with Crippen molar-refractivity contribution in [2.45, 2.75) is 33.4 Å². The molecule has 0 spiro atoms. The Morgan fingerprint density at radius 1 is 1.47 bits per heavy atom. The minimum atomic E-state index is -0.157. The lowest BCUT2D eigenvalue weighted by molar-refractivity contribution is -0.132. The zero-order valence-corrected chi connectivity index (χ0v) is 12.1. The first-order valence-electron chi connectivity index (χ1n) is 5.84. The number of amides is 1. The van der Waals surface area contributed by atoms with E-state index in [1.165, 1.54) is 11.3 Å². The van der Waals surface area contributed by atoms with Crippen LogP contribution in [0.1, 0.15) is 25.6 Å². The molecule has 1 unspecified atom stereocenters. The molecule has 1 amide bonds. The molecule has 3 nitrogen and oxygen atoms in total. The van der Waals surface area contributed by atoms with E-state index in [1.807, 2.05) is 37.8 Å². The maximum Gasteiger partial charge on any atom is 0.239 e. The number of rotatable bonds is 6. The lowest BCUT2D eigenvalue weighted by Crippen LogP contribution is -2.44. The summed E-state index contributed by atoms with van der Waals surface area (Å²) in [5.41, 5.74) is 0. The number of halogens is 1. The zero-order valence-electron chi connectivity index (χ0n) is 10.5. The third-order valence-corrected chi connectivity index (χ3v) is 3.89. The minimum absolute atomic E-state index is 0.151. The molecule has 0 bridgehead atoms. The molecule has 0 aliphatic heterocycles. The summed E-state index contributed by atoms with van der Waals surface area (Å²) in [5, 5.41) is 3.22. The highest BCUT2D eigenvalue weighted by molar-refractivity contribution is 7.16. The van der Waals surface area contributed by atoms with Gasteiger partial charge in [0.1, 0.15) is 0 Å². The Bertz CT molecular complexity index is 363. The highest BCUT2D eigenvalue weighted by Gasteiger charge is 2.17. The summed E-state index contributed by atoms with van der Waals surface area (Å²) >= 11 is 7.39. The summed E-state index contributed by atoms with van der Waals surface area (Å²) in [6, 6.07) is 3.70. The van der Waals surface area contributed by atoms with Crippen LogP contribution in [-0.4, -0.2) is 29.9 Å². The van der Waals surface area contributed by atoms with Crippen LogP contribution < -0.4 is 5.32 Å². The van der Waals surface area contributed by atoms with Gasteiger partial charge in [0.15, 0.2) is 0 Å². The van der Waals surface area contributed by atoms with Gasteiger partial charge in [-0.25, -0.2) is 0 Å². The minimum Gasteiger partial charge on any atom is -0.342 e. The molecule has 1 aromatic heterocycles. The van der Waals surface area contributed by atoms with E-state index in [2.05, 4.69) is 5.32 Å². The van der Waals surface area contributed by atoms with Crippen LogP contribution in [0.25, 0.3) is 0 Å². The van der Waals surface area contributed by atoms with Gasteiger partial charge in [0.05, 0.1) is 10.4 Å². The zero-order chi connectivity index (χ0) is 12.8. The van der Waals surface area contributed by atoms with Gasteiger partial charge in [0.25, 0.3) is 0 Å². The number of thiophene rings is 1. The molecule has 0 aromatic carbocycles.